The molecule has 2 rings (SSSR count). The van der Waals surface area contributed by atoms with Crippen molar-refractivity contribution >= 4 is 10.8 Å². The Kier molecular flexibility index (Phi) is 2.01. The van der Waals surface area contributed by atoms with Crippen LogP contribution in [0.5, 0.6) is 5.75 Å². The van der Waals surface area contributed by atoms with Gasteiger partial charge in [0.1, 0.15) is 0 Å². The lowest BCUT2D eigenvalue weighted by molar-refractivity contribution is 0.337. The minimum absolute atomic E-state index is 0.472. The first-order valence-corrected chi connectivity index (χ1v) is 4.00. The average Bonchev–Trinajstić information content (AvgIpc) is 2.27. The number of hydrogen-bond donors (Lipinski definition) is 1. The maximum atomic E-state index is 8.72. The number of nitriles is 1. The van der Waals surface area contributed by atoms with Gasteiger partial charge in [-0.1, -0.05) is 6.07 Å². The third kappa shape index (κ3) is 1.26. The Morgan fingerprint density at radius 1 is 1.36 bits per heavy atom. The lowest BCUT2D eigenvalue weighted by Gasteiger charge is -2.02. The number of rotatable bonds is 1. The topological polar surface area (TPSA) is 71.9 Å². The zero-order chi connectivity index (χ0) is 9.97. The van der Waals surface area contributed by atoms with E-state index >= 15 is 0 Å². The predicted molar refractivity (Wildman–Crippen MR) is 51.3 cm³/mol. The summed E-state index contributed by atoms with van der Waals surface area (Å²) in [6.07, 6.45) is 3.21. The molecule has 0 atom stereocenters. The quantitative estimate of drug-likeness (QED) is 0.681. The molecule has 0 radical (unpaired) electrons. The van der Waals surface area contributed by atoms with Gasteiger partial charge >= 0.3 is 0 Å². The summed E-state index contributed by atoms with van der Waals surface area (Å²) in [5.41, 5.74) is 0.571. The van der Waals surface area contributed by atoms with Gasteiger partial charge in [0.25, 0.3) is 0 Å². The summed E-state index contributed by atoms with van der Waals surface area (Å²) in [6, 6.07) is 7.31. The van der Waals surface area contributed by atoms with Crippen LogP contribution in [-0.2, 0) is 0 Å². The molecule has 0 unspecified atom stereocenters. The highest BCUT2D eigenvalue weighted by Gasteiger charge is 2.02. The molecule has 0 bridgehead atoms. The van der Waals surface area contributed by atoms with Gasteiger partial charge in [0.05, 0.1) is 17.8 Å². The monoisotopic (exact) mass is 185 g/mol. The van der Waals surface area contributed by atoms with E-state index in [1.807, 2.05) is 6.07 Å². The van der Waals surface area contributed by atoms with E-state index in [0.717, 1.165) is 10.8 Å². The largest absolute Gasteiger partial charge is 0.409 e. The Morgan fingerprint density at radius 2 is 2.21 bits per heavy atom. The van der Waals surface area contributed by atoms with Crippen LogP contribution in [0.25, 0.3) is 10.8 Å². The van der Waals surface area contributed by atoms with Crippen LogP contribution >= 0.6 is 0 Å². The maximum Gasteiger partial charge on any atom is 0.172 e. The molecule has 0 saturated heterocycles. The van der Waals surface area contributed by atoms with Crippen LogP contribution in [0, 0.1) is 11.3 Å². The normalized spacial score (nSPS) is 9.71. The third-order valence-corrected chi connectivity index (χ3v) is 1.98. The molecule has 0 aliphatic heterocycles. The fraction of sp³-hybridized carbons (Fsp3) is 0. The van der Waals surface area contributed by atoms with Crippen molar-refractivity contribution in [2.24, 2.45) is 5.90 Å². The SMILES string of the molecule is N#Cc1ccc2cncc(ON)c2c1. The molecular formula is C10H7N3O. The molecule has 4 nitrogen and oxygen atoms in total. The highest BCUT2D eigenvalue weighted by molar-refractivity contribution is 5.88. The number of fused-ring (bicyclic) bond motifs is 1. The van der Waals surface area contributed by atoms with Gasteiger partial charge in [-0.05, 0) is 12.1 Å². The zero-order valence-electron chi connectivity index (χ0n) is 7.27. The molecule has 4 heteroatoms. The van der Waals surface area contributed by atoms with Gasteiger partial charge in [-0.15, -0.1) is 0 Å². The summed E-state index contributed by atoms with van der Waals surface area (Å²) in [7, 11) is 0. The second-order valence-electron chi connectivity index (χ2n) is 2.80. The van der Waals surface area contributed by atoms with Crippen LogP contribution in [0.2, 0.25) is 0 Å². The molecule has 0 saturated carbocycles. The minimum atomic E-state index is 0.472. The molecule has 2 N–H and O–H groups in total. The molecule has 0 aliphatic rings. The Hall–Kier alpha value is -2.12. The van der Waals surface area contributed by atoms with Gasteiger partial charge in [-0.25, -0.2) is 0 Å². The van der Waals surface area contributed by atoms with Gasteiger partial charge in [-0.2, -0.15) is 11.2 Å². The summed E-state index contributed by atoms with van der Waals surface area (Å²) < 4.78 is 0. The van der Waals surface area contributed by atoms with E-state index in [1.54, 1.807) is 18.3 Å². The van der Waals surface area contributed by atoms with Crippen molar-refractivity contribution < 1.29 is 4.84 Å². The molecule has 14 heavy (non-hydrogen) atoms. The predicted octanol–water partition coefficient (Wildman–Crippen LogP) is 1.36. The van der Waals surface area contributed by atoms with Crippen molar-refractivity contribution in [1.82, 2.24) is 4.98 Å². The van der Waals surface area contributed by atoms with Gasteiger partial charge in [0, 0.05) is 17.0 Å². The average molecular weight is 185 g/mol. The number of pyridine rings is 1. The Balaban J connectivity index is 2.78. The lowest BCUT2D eigenvalue weighted by Crippen LogP contribution is -2.02. The van der Waals surface area contributed by atoms with E-state index in [4.69, 9.17) is 11.2 Å². The van der Waals surface area contributed by atoms with Crippen molar-refractivity contribution in [1.29, 1.82) is 5.26 Å². The second-order valence-corrected chi connectivity index (χ2v) is 2.80. The van der Waals surface area contributed by atoms with Crippen LogP contribution in [0.1, 0.15) is 5.56 Å². The number of nitrogens with two attached hydrogens (primary N) is 1. The van der Waals surface area contributed by atoms with Crippen LogP contribution in [0.15, 0.2) is 30.6 Å². The maximum absolute atomic E-state index is 8.72. The molecular weight excluding hydrogens is 178 g/mol. The molecule has 0 spiro atoms. The summed E-state index contributed by atoms with van der Waals surface area (Å²) in [6.45, 7) is 0. The van der Waals surface area contributed by atoms with Gasteiger partial charge < -0.3 is 4.84 Å². The first-order chi connectivity index (χ1) is 6.85. The molecule has 1 heterocycles. The molecule has 0 amide bonds. The van der Waals surface area contributed by atoms with Crippen molar-refractivity contribution in [2.45, 2.75) is 0 Å². The fourth-order valence-corrected chi connectivity index (χ4v) is 1.30. The fourth-order valence-electron chi connectivity index (χ4n) is 1.30. The van der Waals surface area contributed by atoms with Crippen molar-refractivity contribution in [3.05, 3.63) is 36.2 Å². The summed E-state index contributed by atoms with van der Waals surface area (Å²) in [4.78, 5) is 8.61. The number of benzene rings is 1. The lowest BCUT2D eigenvalue weighted by atomic mass is 10.1. The summed E-state index contributed by atoms with van der Waals surface area (Å²) in [5.74, 6) is 5.56. The summed E-state index contributed by atoms with van der Waals surface area (Å²) in [5, 5.41) is 10.4. The number of nitrogens with zero attached hydrogens (tertiary/aromatic N) is 2. The smallest absolute Gasteiger partial charge is 0.172 e. The van der Waals surface area contributed by atoms with E-state index in [0.29, 0.717) is 11.3 Å². The molecule has 1 aromatic carbocycles. The second kappa shape index (κ2) is 3.32. The third-order valence-electron chi connectivity index (χ3n) is 1.98. The summed E-state index contributed by atoms with van der Waals surface area (Å²) >= 11 is 0. The molecule has 2 aromatic rings. The Bertz CT molecular complexity index is 516. The molecule has 0 aliphatic carbocycles. The highest BCUT2D eigenvalue weighted by Crippen LogP contribution is 2.24. The minimum Gasteiger partial charge on any atom is -0.409 e. The first-order valence-electron chi connectivity index (χ1n) is 4.00. The van der Waals surface area contributed by atoms with Crippen LogP contribution in [0.3, 0.4) is 0 Å². The van der Waals surface area contributed by atoms with E-state index in [-0.39, 0.29) is 0 Å². The van der Waals surface area contributed by atoms with Crippen molar-refractivity contribution in [3.8, 4) is 11.8 Å². The zero-order valence-corrected chi connectivity index (χ0v) is 7.27. The molecule has 1 aromatic heterocycles. The Labute approximate surface area is 80.5 Å². The van der Waals surface area contributed by atoms with E-state index in [2.05, 4.69) is 15.9 Å². The van der Waals surface area contributed by atoms with Crippen molar-refractivity contribution in [3.63, 3.8) is 0 Å². The van der Waals surface area contributed by atoms with Gasteiger partial charge in [0.15, 0.2) is 5.75 Å². The van der Waals surface area contributed by atoms with Crippen LogP contribution < -0.4 is 10.7 Å². The number of hydrogen-bond acceptors (Lipinski definition) is 4. The van der Waals surface area contributed by atoms with E-state index in [9.17, 15) is 0 Å². The van der Waals surface area contributed by atoms with Gasteiger partial charge in [-0.3, -0.25) is 4.98 Å². The number of aromatic nitrogens is 1. The van der Waals surface area contributed by atoms with E-state index < -0.39 is 0 Å². The van der Waals surface area contributed by atoms with Crippen LogP contribution in [0.4, 0.5) is 0 Å². The van der Waals surface area contributed by atoms with Crippen molar-refractivity contribution in [2.75, 3.05) is 0 Å². The van der Waals surface area contributed by atoms with E-state index in [1.165, 1.54) is 6.20 Å². The standard InChI is InChI=1S/C10H7N3O/c11-4-7-1-2-8-5-13-6-10(14-12)9(8)3-7/h1-3,5-6H,12H2. The molecule has 0 fully saturated rings. The van der Waals surface area contributed by atoms with Gasteiger partial charge in [0.2, 0.25) is 0 Å². The highest BCUT2D eigenvalue weighted by atomic mass is 16.6. The molecule has 68 valence electrons. The first kappa shape index (κ1) is 8.48. The Morgan fingerprint density at radius 3 is 2.93 bits per heavy atom. The van der Waals surface area contributed by atoms with Crippen LogP contribution in [-0.4, -0.2) is 4.98 Å².